The smallest absolute Gasteiger partial charge is 0.140 e. The van der Waals surface area contributed by atoms with Crippen LogP contribution in [-0.2, 0) is 0 Å². The number of anilines is 1. The van der Waals surface area contributed by atoms with Gasteiger partial charge in [0.15, 0.2) is 0 Å². The van der Waals surface area contributed by atoms with E-state index < -0.39 is 0 Å². The third-order valence-electron chi connectivity index (χ3n) is 5.46. The van der Waals surface area contributed by atoms with Crippen molar-refractivity contribution in [1.82, 2.24) is 9.97 Å². The molecule has 0 bridgehead atoms. The summed E-state index contributed by atoms with van der Waals surface area (Å²) < 4.78 is 0. The van der Waals surface area contributed by atoms with E-state index >= 15 is 0 Å². The minimum absolute atomic E-state index is 0.739. The Kier molecular flexibility index (Phi) is 4.81. The highest BCUT2D eigenvalue weighted by Crippen LogP contribution is 2.38. The first-order valence-electron chi connectivity index (χ1n) is 9.75. The quantitative estimate of drug-likeness (QED) is 0.532. The van der Waals surface area contributed by atoms with Crippen LogP contribution in [0.4, 0.5) is 5.82 Å². The molecule has 0 atom stereocenters. The van der Waals surface area contributed by atoms with Crippen molar-refractivity contribution in [2.75, 3.05) is 18.0 Å². The number of halogens is 1. The number of benzene rings is 2. The van der Waals surface area contributed by atoms with Gasteiger partial charge in [0.2, 0.25) is 0 Å². The van der Waals surface area contributed by atoms with Crippen molar-refractivity contribution in [3.8, 4) is 11.1 Å². The van der Waals surface area contributed by atoms with Crippen molar-refractivity contribution in [2.45, 2.75) is 47.0 Å². The first kappa shape index (κ1) is 18.2. The van der Waals surface area contributed by atoms with Crippen molar-refractivity contribution in [2.24, 2.45) is 0 Å². The summed E-state index contributed by atoms with van der Waals surface area (Å²) in [4.78, 5) is 12.1. The number of fused-ring (bicyclic) bond motifs is 1. The van der Waals surface area contributed by atoms with Crippen molar-refractivity contribution in [3.05, 3.63) is 51.8 Å². The molecule has 4 heteroatoms. The van der Waals surface area contributed by atoms with Gasteiger partial charge in [0.25, 0.3) is 0 Å². The molecular formula is C23H26ClN3. The second kappa shape index (κ2) is 7.12. The zero-order valence-electron chi connectivity index (χ0n) is 16.6. The van der Waals surface area contributed by atoms with Gasteiger partial charge in [0.05, 0.1) is 5.52 Å². The molecule has 0 amide bonds. The molecule has 0 unspecified atom stereocenters. The standard InChI is InChI=1S/C23H26ClN3/c1-14-10-15(2)21(16(3)11-14)19-12-18(24)13-20-22(19)25-17(4)26-23(20)27-8-6-5-7-9-27/h10-13H,5-9H2,1-4H3. The Morgan fingerprint density at radius 1 is 0.852 bits per heavy atom. The molecule has 3 nitrogen and oxygen atoms in total. The van der Waals surface area contributed by atoms with E-state index in [1.54, 1.807) is 0 Å². The lowest BCUT2D eigenvalue weighted by Crippen LogP contribution is -2.30. The van der Waals surface area contributed by atoms with Gasteiger partial charge < -0.3 is 4.90 Å². The SMILES string of the molecule is Cc1cc(C)c(-c2cc(Cl)cc3c(N4CCCCC4)nc(C)nc23)c(C)c1. The summed E-state index contributed by atoms with van der Waals surface area (Å²) in [5.74, 6) is 1.84. The van der Waals surface area contributed by atoms with Crippen LogP contribution in [0.5, 0.6) is 0 Å². The Bertz CT molecular complexity index is 997. The Hall–Kier alpha value is -2.13. The van der Waals surface area contributed by atoms with Crippen LogP contribution in [-0.4, -0.2) is 23.1 Å². The van der Waals surface area contributed by atoms with Gasteiger partial charge in [0.1, 0.15) is 11.6 Å². The van der Waals surface area contributed by atoms with E-state index in [0.29, 0.717) is 0 Å². The van der Waals surface area contributed by atoms with Crippen LogP contribution < -0.4 is 4.90 Å². The maximum absolute atomic E-state index is 6.59. The van der Waals surface area contributed by atoms with E-state index in [2.05, 4.69) is 43.9 Å². The molecule has 0 saturated carbocycles. The molecule has 1 aliphatic heterocycles. The molecule has 0 radical (unpaired) electrons. The average Bonchev–Trinajstić information content (AvgIpc) is 2.61. The van der Waals surface area contributed by atoms with Crippen molar-refractivity contribution in [1.29, 1.82) is 0 Å². The molecule has 3 aromatic rings. The topological polar surface area (TPSA) is 29.0 Å². The fourth-order valence-electron chi connectivity index (χ4n) is 4.43. The normalized spacial score (nSPS) is 14.8. The Labute approximate surface area is 166 Å². The third-order valence-corrected chi connectivity index (χ3v) is 5.68. The maximum Gasteiger partial charge on any atom is 0.140 e. The number of aromatic nitrogens is 2. The molecule has 0 spiro atoms. The van der Waals surface area contributed by atoms with Crippen LogP contribution in [0.1, 0.15) is 41.8 Å². The molecule has 140 valence electrons. The van der Waals surface area contributed by atoms with Crippen molar-refractivity contribution < 1.29 is 0 Å². The van der Waals surface area contributed by atoms with Gasteiger partial charge in [-0.25, -0.2) is 9.97 Å². The van der Waals surface area contributed by atoms with Crippen LogP contribution >= 0.6 is 11.6 Å². The number of hydrogen-bond donors (Lipinski definition) is 0. The van der Waals surface area contributed by atoms with Gasteiger partial charge in [-0.2, -0.15) is 0 Å². The maximum atomic E-state index is 6.59. The van der Waals surface area contributed by atoms with Gasteiger partial charge in [-0.15, -0.1) is 0 Å². The highest BCUT2D eigenvalue weighted by atomic mass is 35.5. The van der Waals surface area contributed by atoms with Crippen LogP contribution in [0.3, 0.4) is 0 Å². The molecule has 1 fully saturated rings. The molecule has 2 aromatic carbocycles. The van der Waals surface area contributed by atoms with Crippen LogP contribution in [0.15, 0.2) is 24.3 Å². The largest absolute Gasteiger partial charge is 0.356 e. The van der Waals surface area contributed by atoms with Gasteiger partial charge in [-0.1, -0.05) is 29.3 Å². The lowest BCUT2D eigenvalue weighted by molar-refractivity contribution is 0.574. The lowest BCUT2D eigenvalue weighted by atomic mass is 9.92. The first-order chi connectivity index (χ1) is 12.9. The molecule has 0 N–H and O–H groups in total. The van der Waals surface area contributed by atoms with Crippen LogP contribution in [0.25, 0.3) is 22.0 Å². The summed E-state index contributed by atoms with van der Waals surface area (Å²) in [6.07, 6.45) is 3.73. The fraction of sp³-hybridized carbons (Fsp3) is 0.391. The Balaban J connectivity index is 2.02. The number of aryl methyl sites for hydroxylation is 4. The van der Waals surface area contributed by atoms with Crippen LogP contribution in [0, 0.1) is 27.7 Å². The molecule has 4 rings (SSSR count). The van der Waals surface area contributed by atoms with E-state index in [4.69, 9.17) is 21.6 Å². The second-order valence-corrected chi connectivity index (χ2v) is 8.20. The molecule has 1 aromatic heterocycles. The predicted molar refractivity (Wildman–Crippen MR) is 115 cm³/mol. The van der Waals surface area contributed by atoms with Gasteiger partial charge >= 0.3 is 0 Å². The second-order valence-electron chi connectivity index (χ2n) is 7.77. The Morgan fingerprint density at radius 2 is 1.52 bits per heavy atom. The fourth-order valence-corrected chi connectivity index (χ4v) is 4.65. The number of nitrogens with zero attached hydrogens (tertiary/aromatic N) is 3. The highest BCUT2D eigenvalue weighted by molar-refractivity contribution is 6.32. The molecule has 27 heavy (non-hydrogen) atoms. The minimum Gasteiger partial charge on any atom is -0.356 e. The third kappa shape index (κ3) is 3.41. The Morgan fingerprint density at radius 3 is 2.19 bits per heavy atom. The van der Waals surface area contributed by atoms with E-state index in [-0.39, 0.29) is 0 Å². The molecule has 1 saturated heterocycles. The highest BCUT2D eigenvalue weighted by Gasteiger charge is 2.20. The van der Waals surface area contributed by atoms with Crippen molar-refractivity contribution >= 4 is 28.3 Å². The lowest BCUT2D eigenvalue weighted by Gasteiger charge is -2.29. The summed E-state index contributed by atoms with van der Waals surface area (Å²) in [6, 6.07) is 8.55. The van der Waals surface area contributed by atoms with E-state index in [9.17, 15) is 0 Å². The van der Waals surface area contributed by atoms with E-state index in [0.717, 1.165) is 46.2 Å². The number of piperidine rings is 1. The van der Waals surface area contributed by atoms with Gasteiger partial charge in [0, 0.05) is 29.1 Å². The summed E-state index contributed by atoms with van der Waals surface area (Å²) in [5.41, 5.74) is 7.13. The monoisotopic (exact) mass is 379 g/mol. The van der Waals surface area contributed by atoms with E-state index in [1.165, 1.54) is 41.5 Å². The molecular weight excluding hydrogens is 354 g/mol. The first-order valence-corrected chi connectivity index (χ1v) is 10.1. The van der Waals surface area contributed by atoms with Gasteiger partial charge in [-0.05, 0) is 75.8 Å². The van der Waals surface area contributed by atoms with E-state index in [1.807, 2.05) is 13.0 Å². The average molecular weight is 380 g/mol. The van der Waals surface area contributed by atoms with Gasteiger partial charge in [-0.3, -0.25) is 0 Å². The minimum atomic E-state index is 0.739. The summed E-state index contributed by atoms with van der Waals surface area (Å²) >= 11 is 6.59. The summed E-state index contributed by atoms with van der Waals surface area (Å²) in [6.45, 7) is 10.6. The number of rotatable bonds is 2. The predicted octanol–water partition coefficient (Wildman–Crippen LogP) is 6.17. The summed E-state index contributed by atoms with van der Waals surface area (Å²) in [5, 5.41) is 1.80. The van der Waals surface area contributed by atoms with Crippen LogP contribution in [0.2, 0.25) is 5.02 Å². The summed E-state index contributed by atoms with van der Waals surface area (Å²) in [7, 11) is 0. The molecule has 0 aliphatic carbocycles. The number of hydrogen-bond acceptors (Lipinski definition) is 3. The molecule has 1 aliphatic rings. The zero-order chi connectivity index (χ0) is 19.1. The van der Waals surface area contributed by atoms with Crippen molar-refractivity contribution in [3.63, 3.8) is 0 Å². The zero-order valence-corrected chi connectivity index (χ0v) is 17.3. The molecule has 2 heterocycles.